The SMILES string of the molecule is O=C1/C(=C/c2cc(I)c(O)c(I)c2)SC(=S)N1c1ccc(Cl)cc1. The van der Waals surface area contributed by atoms with E-state index in [2.05, 4.69) is 45.2 Å². The van der Waals surface area contributed by atoms with Crippen molar-refractivity contribution < 1.29 is 9.90 Å². The van der Waals surface area contributed by atoms with Gasteiger partial charge in [-0.25, -0.2) is 0 Å². The van der Waals surface area contributed by atoms with Crippen LogP contribution in [0.1, 0.15) is 5.56 Å². The standard InChI is InChI=1S/C16H8ClI2NO2S2/c17-9-1-3-10(4-2-9)20-15(22)13(24-16(20)23)7-8-5-11(18)14(21)12(19)6-8/h1-7,21H/b13-7-. The molecule has 24 heavy (non-hydrogen) atoms. The van der Waals surface area contributed by atoms with Gasteiger partial charge in [0.25, 0.3) is 5.91 Å². The molecule has 8 heteroatoms. The maximum absolute atomic E-state index is 12.7. The quantitative estimate of drug-likeness (QED) is 0.275. The number of nitrogens with zero attached hydrogens (tertiary/aromatic N) is 1. The first-order valence-corrected chi connectivity index (χ1v) is 10.3. The van der Waals surface area contributed by atoms with E-state index >= 15 is 0 Å². The number of phenolic OH excluding ortho intramolecular Hbond substituents is 1. The van der Waals surface area contributed by atoms with Crippen LogP contribution < -0.4 is 4.90 Å². The third kappa shape index (κ3) is 3.74. The molecule has 2 aromatic carbocycles. The maximum Gasteiger partial charge on any atom is 0.270 e. The number of benzene rings is 2. The predicted molar refractivity (Wildman–Crippen MR) is 121 cm³/mol. The molecular weight excluding hydrogens is 592 g/mol. The molecule has 0 unspecified atom stereocenters. The molecule has 2 aromatic rings. The number of hydrogen-bond donors (Lipinski definition) is 1. The van der Waals surface area contributed by atoms with Gasteiger partial charge in [0, 0.05) is 5.02 Å². The lowest BCUT2D eigenvalue weighted by molar-refractivity contribution is -0.113. The van der Waals surface area contributed by atoms with Gasteiger partial charge in [0.05, 0.1) is 17.7 Å². The van der Waals surface area contributed by atoms with Crippen LogP contribution in [-0.4, -0.2) is 15.3 Å². The third-order valence-electron chi connectivity index (χ3n) is 3.22. The number of halogens is 3. The van der Waals surface area contributed by atoms with Gasteiger partial charge in [-0.2, -0.15) is 0 Å². The van der Waals surface area contributed by atoms with E-state index in [9.17, 15) is 9.90 Å². The number of carbonyl (C=O) groups is 1. The van der Waals surface area contributed by atoms with Crippen molar-refractivity contribution in [1.82, 2.24) is 0 Å². The highest BCUT2D eigenvalue weighted by Gasteiger charge is 2.33. The molecule has 0 saturated carbocycles. The Morgan fingerprint density at radius 1 is 1.17 bits per heavy atom. The molecule has 3 rings (SSSR count). The molecular formula is C16H8ClI2NO2S2. The summed E-state index contributed by atoms with van der Waals surface area (Å²) in [6.45, 7) is 0. The van der Waals surface area contributed by atoms with Crippen molar-refractivity contribution in [2.75, 3.05) is 4.90 Å². The minimum absolute atomic E-state index is 0.162. The number of carbonyl (C=O) groups excluding carboxylic acids is 1. The van der Waals surface area contributed by atoms with E-state index in [1.807, 2.05) is 12.1 Å². The smallest absolute Gasteiger partial charge is 0.270 e. The molecule has 1 aliphatic rings. The lowest BCUT2D eigenvalue weighted by atomic mass is 10.2. The second-order valence-electron chi connectivity index (χ2n) is 4.83. The number of aromatic hydroxyl groups is 1. The van der Waals surface area contributed by atoms with E-state index in [4.69, 9.17) is 23.8 Å². The van der Waals surface area contributed by atoms with Crippen molar-refractivity contribution in [3.63, 3.8) is 0 Å². The lowest BCUT2D eigenvalue weighted by Crippen LogP contribution is -2.27. The summed E-state index contributed by atoms with van der Waals surface area (Å²) in [6, 6.07) is 10.6. The lowest BCUT2D eigenvalue weighted by Gasteiger charge is -2.14. The van der Waals surface area contributed by atoms with Crippen LogP contribution in [0.25, 0.3) is 6.08 Å². The minimum Gasteiger partial charge on any atom is -0.506 e. The van der Waals surface area contributed by atoms with E-state index in [-0.39, 0.29) is 11.7 Å². The zero-order valence-corrected chi connectivity index (χ0v) is 18.5. The summed E-state index contributed by atoms with van der Waals surface area (Å²) < 4.78 is 1.95. The largest absolute Gasteiger partial charge is 0.506 e. The number of thioether (sulfide) groups is 1. The highest BCUT2D eigenvalue weighted by molar-refractivity contribution is 14.1. The first kappa shape index (κ1) is 18.4. The predicted octanol–water partition coefficient (Wildman–Crippen LogP) is 5.66. The van der Waals surface area contributed by atoms with Crippen LogP contribution in [-0.2, 0) is 4.79 Å². The van der Waals surface area contributed by atoms with Gasteiger partial charge in [0.1, 0.15) is 5.75 Å². The van der Waals surface area contributed by atoms with Gasteiger partial charge >= 0.3 is 0 Å². The normalized spacial score (nSPS) is 16.3. The van der Waals surface area contributed by atoms with Crippen molar-refractivity contribution in [3.05, 3.63) is 59.0 Å². The van der Waals surface area contributed by atoms with Crippen molar-refractivity contribution in [2.45, 2.75) is 0 Å². The Bertz CT molecular complexity index is 861. The first-order chi connectivity index (χ1) is 11.4. The molecule has 3 nitrogen and oxygen atoms in total. The number of thiocarbonyl (C=S) groups is 1. The van der Waals surface area contributed by atoms with Crippen LogP contribution in [0, 0.1) is 7.14 Å². The number of rotatable bonds is 2. The Morgan fingerprint density at radius 3 is 2.33 bits per heavy atom. The highest BCUT2D eigenvalue weighted by atomic mass is 127. The molecule has 1 N–H and O–H groups in total. The monoisotopic (exact) mass is 599 g/mol. The summed E-state index contributed by atoms with van der Waals surface area (Å²) in [5, 5.41) is 10.5. The second kappa shape index (κ2) is 7.48. The fourth-order valence-electron chi connectivity index (χ4n) is 2.10. The average molecular weight is 600 g/mol. The Hall–Kier alpha value is -0.360. The summed E-state index contributed by atoms with van der Waals surface area (Å²) in [4.78, 5) is 14.8. The summed E-state index contributed by atoms with van der Waals surface area (Å²) in [6.07, 6.45) is 1.79. The molecule has 0 bridgehead atoms. The van der Waals surface area contributed by atoms with Gasteiger partial charge in [0.2, 0.25) is 0 Å². The topological polar surface area (TPSA) is 40.5 Å². The Morgan fingerprint density at radius 2 is 1.75 bits per heavy atom. The molecule has 1 heterocycles. The summed E-state index contributed by atoms with van der Waals surface area (Å²) in [5.74, 6) is 0.0903. The summed E-state index contributed by atoms with van der Waals surface area (Å²) in [5.41, 5.74) is 1.54. The van der Waals surface area contributed by atoms with Gasteiger partial charge in [-0.3, -0.25) is 9.69 Å². The molecule has 1 aliphatic heterocycles. The van der Waals surface area contributed by atoms with Crippen molar-refractivity contribution in [3.8, 4) is 5.75 Å². The van der Waals surface area contributed by atoms with Crippen LogP contribution in [0.5, 0.6) is 5.75 Å². The number of hydrogen-bond acceptors (Lipinski definition) is 4. The molecule has 1 saturated heterocycles. The van der Waals surface area contributed by atoms with Crippen LogP contribution in [0.4, 0.5) is 5.69 Å². The van der Waals surface area contributed by atoms with Crippen molar-refractivity contribution in [2.24, 2.45) is 0 Å². The van der Waals surface area contributed by atoms with Gasteiger partial charge in [-0.1, -0.05) is 35.6 Å². The van der Waals surface area contributed by atoms with Gasteiger partial charge in [-0.15, -0.1) is 0 Å². The fourth-order valence-corrected chi connectivity index (χ4v) is 5.34. The van der Waals surface area contributed by atoms with Gasteiger partial charge in [-0.05, 0) is 93.2 Å². The summed E-state index contributed by atoms with van der Waals surface area (Å²) >= 11 is 16.6. The van der Waals surface area contributed by atoms with E-state index < -0.39 is 0 Å². The average Bonchev–Trinajstić information content (AvgIpc) is 2.80. The molecule has 0 aromatic heterocycles. The molecule has 0 spiro atoms. The Kier molecular flexibility index (Phi) is 5.75. The van der Waals surface area contributed by atoms with E-state index in [0.29, 0.717) is 19.9 Å². The molecule has 1 fully saturated rings. The van der Waals surface area contributed by atoms with Crippen LogP contribution in [0.15, 0.2) is 41.3 Å². The van der Waals surface area contributed by atoms with Crippen LogP contribution in [0.2, 0.25) is 5.02 Å². The van der Waals surface area contributed by atoms with Crippen molar-refractivity contribution in [1.29, 1.82) is 0 Å². The van der Waals surface area contributed by atoms with Crippen LogP contribution in [0.3, 0.4) is 0 Å². The maximum atomic E-state index is 12.7. The molecule has 0 radical (unpaired) electrons. The molecule has 122 valence electrons. The molecule has 0 aliphatic carbocycles. The molecule has 0 atom stereocenters. The number of amides is 1. The van der Waals surface area contributed by atoms with E-state index in [1.54, 1.807) is 30.3 Å². The first-order valence-electron chi connectivity index (χ1n) is 6.58. The Balaban J connectivity index is 1.95. The zero-order chi connectivity index (χ0) is 17.4. The van der Waals surface area contributed by atoms with E-state index in [1.165, 1.54) is 16.7 Å². The third-order valence-corrected chi connectivity index (χ3v) is 6.41. The number of phenols is 1. The van der Waals surface area contributed by atoms with Gasteiger partial charge in [0.15, 0.2) is 4.32 Å². The molecule has 1 amide bonds. The fraction of sp³-hybridized carbons (Fsp3) is 0. The zero-order valence-electron chi connectivity index (χ0n) is 11.8. The summed E-state index contributed by atoms with van der Waals surface area (Å²) in [7, 11) is 0. The van der Waals surface area contributed by atoms with Gasteiger partial charge < -0.3 is 5.11 Å². The number of anilines is 1. The Labute approximate surface area is 180 Å². The minimum atomic E-state index is -0.162. The highest BCUT2D eigenvalue weighted by Crippen LogP contribution is 2.37. The van der Waals surface area contributed by atoms with Crippen molar-refractivity contribution >= 4 is 103 Å². The second-order valence-corrected chi connectivity index (χ2v) is 9.26. The van der Waals surface area contributed by atoms with Crippen LogP contribution >= 0.6 is 80.8 Å². The van der Waals surface area contributed by atoms with E-state index in [0.717, 1.165) is 12.7 Å².